The third kappa shape index (κ3) is 5.43. The zero-order valence-corrected chi connectivity index (χ0v) is 12.9. The van der Waals surface area contributed by atoms with Crippen molar-refractivity contribution in [1.82, 2.24) is 15.8 Å². The Morgan fingerprint density at radius 2 is 1.91 bits per heavy atom. The number of aryl methyl sites for hydroxylation is 1. The van der Waals surface area contributed by atoms with Crippen LogP contribution < -0.4 is 15.6 Å². The fourth-order valence-corrected chi connectivity index (χ4v) is 1.93. The number of carbonyl (C=O) groups excluding carboxylic acids is 2. The highest BCUT2D eigenvalue weighted by Crippen LogP contribution is 2.11. The number of amides is 2. The highest BCUT2D eigenvalue weighted by Gasteiger charge is 2.07. The van der Waals surface area contributed by atoms with Crippen LogP contribution in [0.15, 0.2) is 48.8 Å². The van der Waals surface area contributed by atoms with E-state index >= 15 is 0 Å². The number of aromatic nitrogens is 1. The zero-order valence-electron chi connectivity index (χ0n) is 12.9. The van der Waals surface area contributed by atoms with Crippen LogP contribution in [0, 0.1) is 0 Å². The van der Waals surface area contributed by atoms with Crippen molar-refractivity contribution >= 4 is 11.8 Å². The maximum absolute atomic E-state index is 11.9. The Hall–Kier alpha value is -2.89. The monoisotopic (exact) mass is 313 g/mol. The molecular weight excluding hydrogens is 294 g/mol. The van der Waals surface area contributed by atoms with Gasteiger partial charge in [0.2, 0.25) is 5.91 Å². The molecule has 2 aromatic rings. The first-order valence-electron chi connectivity index (χ1n) is 7.40. The lowest BCUT2D eigenvalue weighted by atomic mass is 10.1. The standard InChI is InChI=1S/C17H19N3O3/c1-2-23-15-8-6-14(7-9-15)17(22)20-19-16(21)10-5-13-4-3-11-18-12-13/h3-4,6-9,11-12H,2,5,10H2,1H3,(H,19,21)(H,20,22). The summed E-state index contributed by atoms with van der Waals surface area (Å²) >= 11 is 0. The van der Waals surface area contributed by atoms with Gasteiger partial charge in [-0.3, -0.25) is 25.4 Å². The number of rotatable bonds is 6. The first kappa shape index (κ1) is 16.5. The molecule has 0 saturated carbocycles. The normalized spacial score (nSPS) is 9.96. The molecule has 0 aliphatic rings. The van der Waals surface area contributed by atoms with E-state index in [1.165, 1.54) is 0 Å². The first-order chi connectivity index (χ1) is 11.2. The average molecular weight is 313 g/mol. The van der Waals surface area contributed by atoms with E-state index in [0.717, 1.165) is 5.56 Å². The molecule has 2 amide bonds. The molecule has 6 heteroatoms. The van der Waals surface area contributed by atoms with Crippen LogP contribution >= 0.6 is 0 Å². The van der Waals surface area contributed by atoms with Crippen LogP contribution in [0.3, 0.4) is 0 Å². The van der Waals surface area contributed by atoms with Crippen LogP contribution in [0.5, 0.6) is 5.75 Å². The smallest absolute Gasteiger partial charge is 0.269 e. The molecule has 6 nitrogen and oxygen atoms in total. The van der Waals surface area contributed by atoms with Crippen molar-refractivity contribution in [3.8, 4) is 5.75 Å². The maximum Gasteiger partial charge on any atom is 0.269 e. The molecule has 0 saturated heterocycles. The quantitative estimate of drug-likeness (QED) is 0.798. The molecular formula is C17H19N3O3. The van der Waals surface area contributed by atoms with Crippen LogP contribution in [0.25, 0.3) is 0 Å². The minimum atomic E-state index is -0.372. The highest BCUT2D eigenvalue weighted by molar-refractivity contribution is 5.95. The van der Waals surface area contributed by atoms with Crippen LogP contribution in [-0.4, -0.2) is 23.4 Å². The van der Waals surface area contributed by atoms with Gasteiger partial charge < -0.3 is 4.74 Å². The van der Waals surface area contributed by atoms with Gasteiger partial charge in [-0.15, -0.1) is 0 Å². The molecule has 0 radical (unpaired) electrons. The summed E-state index contributed by atoms with van der Waals surface area (Å²) in [5.74, 6) is 0.0699. The second-order valence-electron chi connectivity index (χ2n) is 4.82. The third-order valence-corrected chi connectivity index (χ3v) is 3.11. The van der Waals surface area contributed by atoms with Crippen molar-refractivity contribution in [2.24, 2.45) is 0 Å². The first-order valence-corrected chi connectivity index (χ1v) is 7.40. The second-order valence-corrected chi connectivity index (χ2v) is 4.82. The highest BCUT2D eigenvalue weighted by atomic mass is 16.5. The third-order valence-electron chi connectivity index (χ3n) is 3.11. The molecule has 0 unspecified atom stereocenters. The maximum atomic E-state index is 11.9. The fraction of sp³-hybridized carbons (Fsp3) is 0.235. The number of nitrogens with one attached hydrogen (secondary N) is 2. The summed E-state index contributed by atoms with van der Waals surface area (Å²) in [6, 6.07) is 10.4. The van der Waals surface area contributed by atoms with Gasteiger partial charge in [0.1, 0.15) is 5.75 Å². The average Bonchev–Trinajstić information content (AvgIpc) is 2.59. The van der Waals surface area contributed by atoms with Crippen LogP contribution in [0.2, 0.25) is 0 Å². The number of benzene rings is 1. The van der Waals surface area contributed by atoms with Gasteiger partial charge in [-0.25, -0.2) is 0 Å². The topological polar surface area (TPSA) is 80.3 Å². The van der Waals surface area contributed by atoms with Crippen molar-refractivity contribution in [1.29, 1.82) is 0 Å². The van der Waals surface area contributed by atoms with Crippen molar-refractivity contribution in [2.75, 3.05) is 6.61 Å². The predicted octanol–water partition coefficient (Wildman–Crippen LogP) is 1.87. The summed E-state index contributed by atoms with van der Waals surface area (Å²) in [5.41, 5.74) is 6.21. The number of carbonyl (C=O) groups is 2. The van der Waals surface area contributed by atoms with E-state index in [1.807, 2.05) is 19.1 Å². The summed E-state index contributed by atoms with van der Waals surface area (Å²) in [6.07, 6.45) is 4.24. The van der Waals surface area contributed by atoms with Gasteiger partial charge in [0.05, 0.1) is 6.61 Å². The number of ether oxygens (including phenoxy) is 1. The largest absolute Gasteiger partial charge is 0.494 e. The molecule has 0 atom stereocenters. The Kier molecular flexibility index (Phi) is 6.11. The zero-order chi connectivity index (χ0) is 16.5. The van der Waals surface area contributed by atoms with Gasteiger partial charge in [0.15, 0.2) is 0 Å². The lowest BCUT2D eigenvalue weighted by molar-refractivity contribution is -0.121. The summed E-state index contributed by atoms with van der Waals surface area (Å²) in [4.78, 5) is 27.6. The molecule has 120 valence electrons. The molecule has 0 aliphatic heterocycles. The molecule has 2 N–H and O–H groups in total. The van der Waals surface area contributed by atoms with E-state index in [4.69, 9.17) is 4.74 Å². The van der Waals surface area contributed by atoms with Crippen LogP contribution in [-0.2, 0) is 11.2 Å². The Balaban J connectivity index is 1.76. The number of hydrogen-bond donors (Lipinski definition) is 2. The van der Waals surface area contributed by atoms with E-state index < -0.39 is 0 Å². The lowest BCUT2D eigenvalue weighted by Crippen LogP contribution is -2.41. The van der Waals surface area contributed by atoms with Crippen molar-refractivity contribution in [3.05, 3.63) is 59.9 Å². The summed E-state index contributed by atoms with van der Waals surface area (Å²) in [6.45, 7) is 2.46. The van der Waals surface area contributed by atoms with E-state index in [0.29, 0.717) is 24.3 Å². The number of pyridine rings is 1. The van der Waals surface area contributed by atoms with Crippen molar-refractivity contribution < 1.29 is 14.3 Å². The van der Waals surface area contributed by atoms with Gasteiger partial charge in [0.25, 0.3) is 5.91 Å². The van der Waals surface area contributed by atoms with Gasteiger partial charge in [-0.1, -0.05) is 6.07 Å². The number of nitrogens with zero attached hydrogens (tertiary/aromatic N) is 1. The van der Waals surface area contributed by atoms with Gasteiger partial charge in [-0.05, 0) is 49.2 Å². The van der Waals surface area contributed by atoms with E-state index in [-0.39, 0.29) is 18.2 Å². The van der Waals surface area contributed by atoms with Crippen molar-refractivity contribution in [2.45, 2.75) is 19.8 Å². The van der Waals surface area contributed by atoms with Crippen molar-refractivity contribution in [3.63, 3.8) is 0 Å². The van der Waals surface area contributed by atoms with Crippen LogP contribution in [0.1, 0.15) is 29.3 Å². The molecule has 0 bridgehead atoms. The molecule has 0 aliphatic carbocycles. The number of hydrogen-bond acceptors (Lipinski definition) is 4. The summed E-state index contributed by atoms with van der Waals surface area (Å²) in [5, 5.41) is 0. The van der Waals surface area contributed by atoms with E-state index in [1.54, 1.807) is 36.7 Å². The number of hydrazine groups is 1. The molecule has 23 heavy (non-hydrogen) atoms. The van der Waals surface area contributed by atoms with Crippen LogP contribution in [0.4, 0.5) is 0 Å². The molecule has 2 rings (SSSR count). The SMILES string of the molecule is CCOc1ccc(C(=O)NNC(=O)CCc2cccnc2)cc1. The minimum absolute atomic E-state index is 0.256. The van der Waals surface area contributed by atoms with E-state index in [9.17, 15) is 9.59 Å². The Labute approximate surface area is 134 Å². The molecule has 1 aromatic carbocycles. The lowest BCUT2D eigenvalue weighted by Gasteiger charge is -2.08. The van der Waals surface area contributed by atoms with E-state index in [2.05, 4.69) is 15.8 Å². The molecule has 1 heterocycles. The fourth-order valence-electron chi connectivity index (χ4n) is 1.93. The predicted molar refractivity (Wildman–Crippen MR) is 85.8 cm³/mol. The summed E-state index contributed by atoms with van der Waals surface area (Å²) < 4.78 is 5.31. The van der Waals surface area contributed by atoms with Gasteiger partial charge >= 0.3 is 0 Å². The summed E-state index contributed by atoms with van der Waals surface area (Å²) in [7, 11) is 0. The second kappa shape index (κ2) is 8.53. The minimum Gasteiger partial charge on any atom is -0.494 e. The molecule has 0 fully saturated rings. The Morgan fingerprint density at radius 1 is 1.13 bits per heavy atom. The van der Waals surface area contributed by atoms with Gasteiger partial charge in [0, 0.05) is 24.4 Å². The Morgan fingerprint density at radius 3 is 2.57 bits per heavy atom. The molecule has 1 aromatic heterocycles. The Bertz CT molecular complexity index is 642. The van der Waals surface area contributed by atoms with Gasteiger partial charge in [-0.2, -0.15) is 0 Å². The molecule has 0 spiro atoms.